The highest BCUT2D eigenvalue weighted by Crippen LogP contribution is 2.20. The van der Waals surface area contributed by atoms with Gasteiger partial charge in [0.1, 0.15) is 5.82 Å². The predicted molar refractivity (Wildman–Crippen MR) is 66.3 cm³/mol. The van der Waals surface area contributed by atoms with Crippen molar-refractivity contribution < 1.29 is 4.39 Å². The molecule has 0 spiro atoms. The summed E-state index contributed by atoms with van der Waals surface area (Å²) in [6.07, 6.45) is 1.67. The fraction of sp³-hybridized carbons (Fsp3) is 0.0769. The second kappa shape index (κ2) is 4.19. The maximum absolute atomic E-state index is 13.7. The molecule has 0 aliphatic rings. The molecule has 3 rings (SSSR count). The highest BCUT2D eigenvalue weighted by Gasteiger charge is 2.08. The van der Waals surface area contributed by atoms with Gasteiger partial charge in [0.15, 0.2) is 5.65 Å². The van der Waals surface area contributed by atoms with Crippen LogP contribution in [0.15, 0.2) is 42.6 Å². The third kappa shape index (κ3) is 1.65. The van der Waals surface area contributed by atoms with Crippen molar-refractivity contribution >= 4 is 5.65 Å². The van der Waals surface area contributed by atoms with E-state index in [9.17, 15) is 4.39 Å². The molecule has 1 aromatic carbocycles. The van der Waals surface area contributed by atoms with Crippen molar-refractivity contribution in [3.63, 3.8) is 0 Å². The number of nitrogens with zero attached hydrogens (tertiary/aromatic N) is 3. The zero-order valence-electron chi connectivity index (χ0n) is 9.55. The van der Waals surface area contributed by atoms with E-state index in [4.69, 9.17) is 5.73 Å². The molecule has 0 aliphatic heterocycles. The Morgan fingerprint density at radius 1 is 1.17 bits per heavy atom. The van der Waals surface area contributed by atoms with E-state index in [-0.39, 0.29) is 5.82 Å². The molecule has 90 valence electrons. The fourth-order valence-electron chi connectivity index (χ4n) is 1.87. The number of imidazole rings is 1. The van der Waals surface area contributed by atoms with Crippen LogP contribution in [-0.4, -0.2) is 14.6 Å². The van der Waals surface area contributed by atoms with Crippen molar-refractivity contribution in [3.8, 4) is 11.3 Å². The first kappa shape index (κ1) is 10.9. The smallest absolute Gasteiger partial charge is 0.153 e. The van der Waals surface area contributed by atoms with Gasteiger partial charge in [0.2, 0.25) is 0 Å². The van der Waals surface area contributed by atoms with Gasteiger partial charge in [0, 0.05) is 12.1 Å². The monoisotopic (exact) mass is 242 g/mol. The summed E-state index contributed by atoms with van der Waals surface area (Å²) in [6, 6.07) is 10.1. The minimum absolute atomic E-state index is 0.293. The van der Waals surface area contributed by atoms with Crippen LogP contribution >= 0.6 is 0 Å². The van der Waals surface area contributed by atoms with Gasteiger partial charge in [-0.05, 0) is 24.3 Å². The number of rotatable bonds is 2. The van der Waals surface area contributed by atoms with Crippen LogP contribution in [0.25, 0.3) is 16.9 Å². The molecule has 0 bridgehead atoms. The minimum atomic E-state index is -0.293. The van der Waals surface area contributed by atoms with Gasteiger partial charge < -0.3 is 5.73 Å². The van der Waals surface area contributed by atoms with E-state index in [1.54, 1.807) is 41.0 Å². The van der Waals surface area contributed by atoms with Crippen molar-refractivity contribution in [2.45, 2.75) is 6.54 Å². The molecule has 3 aromatic rings. The maximum Gasteiger partial charge on any atom is 0.153 e. The van der Waals surface area contributed by atoms with Gasteiger partial charge in [-0.25, -0.2) is 13.9 Å². The van der Waals surface area contributed by atoms with E-state index >= 15 is 0 Å². The van der Waals surface area contributed by atoms with E-state index in [0.29, 0.717) is 23.4 Å². The molecule has 4 nitrogen and oxygen atoms in total. The van der Waals surface area contributed by atoms with E-state index in [2.05, 4.69) is 10.1 Å². The molecule has 0 amide bonds. The number of fused-ring (bicyclic) bond motifs is 1. The average Bonchev–Trinajstić information content (AvgIpc) is 2.81. The molecule has 2 heterocycles. The molecule has 2 aromatic heterocycles. The molecular formula is C13H11FN4. The lowest BCUT2D eigenvalue weighted by atomic mass is 10.1. The number of aromatic nitrogens is 3. The lowest BCUT2D eigenvalue weighted by Gasteiger charge is -2.04. The average molecular weight is 242 g/mol. The SMILES string of the molecule is NCc1cnc2ccc(-c3ccccc3F)nn12. The number of halogens is 1. The zero-order chi connectivity index (χ0) is 12.5. The predicted octanol–water partition coefficient (Wildman–Crippen LogP) is 1.99. The first-order chi connectivity index (χ1) is 8.79. The summed E-state index contributed by atoms with van der Waals surface area (Å²) in [5.41, 5.74) is 8.13. The van der Waals surface area contributed by atoms with Crippen molar-refractivity contribution in [2.24, 2.45) is 5.73 Å². The van der Waals surface area contributed by atoms with E-state index in [1.807, 2.05) is 0 Å². The second-order valence-corrected chi connectivity index (χ2v) is 3.92. The molecule has 0 saturated carbocycles. The van der Waals surface area contributed by atoms with Gasteiger partial charge in [-0.1, -0.05) is 12.1 Å². The van der Waals surface area contributed by atoms with Crippen LogP contribution in [-0.2, 0) is 6.54 Å². The van der Waals surface area contributed by atoms with Crippen molar-refractivity contribution in [3.05, 3.63) is 54.1 Å². The van der Waals surface area contributed by atoms with E-state index < -0.39 is 0 Å². The normalized spacial score (nSPS) is 11.0. The molecular weight excluding hydrogens is 231 g/mol. The minimum Gasteiger partial charge on any atom is -0.325 e. The Bertz CT molecular complexity index is 705. The van der Waals surface area contributed by atoms with Crippen LogP contribution in [0, 0.1) is 5.82 Å². The third-order valence-corrected chi connectivity index (χ3v) is 2.79. The van der Waals surface area contributed by atoms with Gasteiger partial charge in [-0.15, -0.1) is 0 Å². The first-order valence-electron chi connectivity index (χ1n) is 5.58. The first-order valence-corrected chi connectivity index (χ1v) is 5.58. The number of hydrogen-bond donors (Lipinski definition) is 1. The summed E-state index contributed by atoms with van der Waals surface area (Å²) in [5, 5.41) is 4.37. The zero-order valence-corrected chi connectivity index (χ0v) is 9.55. The molecule has 0 atom stereocenters. The molecule has 2 N–H and O–H groups in total. The second-order valence-electron chi connectivity index (χ2n) is 3.92. The van der Waals surface area contributed by atoms with E-state index in [0.717, 1.165) is 5.69 Å². The number of benzene rings is 1. The van der Waals surface area contributed by atoms with Crippen LogP contribution in [0.5, 0.6) is 0 Å². The fourth-order valence-corrected chi connectivity index (χ4v) is 1.87. The lowest BCUT2D eigenvalue weighted by Crippen LogP contribution is -2.04. The Hall–Kier alpha value is -2.27. The Morgan fingerprint density at radius 3 is 2.78 bits per heavy atom. The summed E-state index contributed by atoms with van der Waals surface area (Å²) < 4.78 is 15.3. The van der Waals surface area contributed by atoms with Crippen molar-refractivity contribution in [1.82, 2.24) is 14.6 Å². The summed E-state index contributed by atoms with van der Waals surface area (Å²) in [7, 11) is 0. The Morgan fingerprint density at radius 2 is 2.00 bits per heavy atom. The molecule has 0 aliphatic carbocycles. The number of nitrogens with two attached hydrogens (primary N) is 1. The highest BCUT2D eigenvalue weighted by atomic mass is 19.1. The Kier molecular flexibility index (Phi) is 2.53. The van der Waals surface area contributed by atoms with Crippen LogP contribution in [0.3, 0.4) is 0 Å². The quantitative estimate of drug-likeness (QED) is 0.747. The van der Waals surface area contributed by atoms with Crippen molar-refractivity contribution in [1.29, 1.82) is 0 Å². The van der Waals surface area contributed by atoms with Crippen LogP contribution in [0.4, 0.5) is 4.39 Å². The van der Waals surface area contributed by atoms with Gasteiger partial charge in [-0.3, -0.25) is 0 Å². The van der Waals surface area contributed by atoms with E-state index in [1.165, 1.54) is 6.07 Å². The molecule has 0 radical (unpaired) electrons. The standard InChI is InChI=1S/C13H11FN4/c14-11-4-2-1-3-10(11)12-5-6-13-16-8-9(7-15)18(13)17-12/h1-6,8H,7,15H2. The molecule has 0 fully saturated rings. The Balaban J connectivity index is 2.21. The van der Waals surface area contributed by atoms with Gasteiger partial charge in [-0.2, -0.15) is 5.10 Å². The van der Waals surface area contributed by atoms with Crippen LogP contribution in [0.2, 0.25) is 0 Å². The van der Waals surface area contributed by atoms with Gasteiger partial charge in [0.05, 0.1) is 17.6 Å². The Labute approximate surface area is 103 Å². The van der Waals surface area contributed by atoms with Crippen molar-refractivity contribution in [2.75, 3.05) is 0 Å². The number of hydrogen-bond acceptors (Lipinski definition) is 3. The molecule has 5 heteroatoms. The topological polar surface area (TPSA) is 56.2 Å². The summed E-state index contributed by atoms with van der Waals surface area (Å²) in [6.45, 7) is 0.342. The summed E-state index contributed by atoms with van der Waals surface area (Å²) in [4.78, 5) is 4.17. The maximum atomic E-state index is 13.7. The van der Waals surface area contributed by atoms with Crippen LogP contribution < -0.4 is 5.73 Å². The molecule has 0 saturated heterocycles. The molecule has 18 heavy (non-hydrogen) atoms. The lowest BCUT2D eigenvalue weighted by molar-refractivity contribution is 0.630. The van der Waals surface area contributed by atoms with Gasteiger partial charge in [0.25, 0.3) is 0 Å². The third-order valence-electron chi connectivity index (χ3n) is 2.79. The van der Waals surface area contributed by atoms with Crippen LogP contribution in [0.1, 0.15) is 5.69 Å². The highest BCUT2D eigenvalue weighted by molar-refractivity contribution is 5.61. The largest absolute Gasteiger partial charge is 0.325 e. The van der Waals surface area contributed by atoms with Gasteiger partial charge >= 0.3 is 0 Å². The summed E-state index contributed by atoms with van der Waals surface area (Å²) in [5.74, 6) is -0.293. The summed E-state index contributed by atoms with van der Waals surface area (Å²) >= 11 is 0. The molecule has 0 unspecified atom stereocenters.